The Morgan fingerprint density at radius 2 is 1.83 bits per heavy atom. The molecule has 164 valence electrons. The molecule has 2 aromatic rings. The molecule has 6 nitrogen and oxygen atoms in total. The van der Waals surface area contributed by atoms with Crippen molar-refractivity contribution >= 4 is 35.6 Å². The minimum absolute atomic E-state index is 0. The maximum Gasteiger partial charge on any atom is 0.190 e. The van der Waals surface area contributed by atoms with Crippen LogP contribution in [0.3, 0.4) is 0 Å². The SMILES string of the molecule is CN=C(NCCc1ccc(OC)c(OC)c1)NCC1CCN(c2ccccc2)C1.I. The molecule has 1 heterocycles. The number of nitrogens with one attached hydrogen (secondary N) is 2. The van der Waals surface area contributed by atoms with Gasteiger partial charge in [-0.25, -0.2) is 0 Å². The van der Waals surface area contributed by atoms with Gasteiger partial charge in [0.05, 0.1) is 14.2 Å². The van der Waals surface area contributed by atoms with Crippen LogP contribution in [0.15, 0.2) is 53.5 Å². The van der Waals surface area contributed by atoms with Crippen LogP contribution in [-0.2, 0) is 6.42 Å². The lowest BCUT2D eigenvalue weighted by Crippen LogP contribution is -2.41. The number of para-hydroxylation sites is 1. The summed E-state index contributed by atoms with van der Waals surface area (Å²) in [4.78, 5) is 6.81. The van der Waals surface area contributed by atoms with Crippen LogP contribution < -0.4 is 25.0 Å². The fourth-order valence-corrected chi connectivity index (χ4v) is 3.70. The zero-order chi connectivity index (χ0) is 20.5. The van der Waals surface area contributed by atoms with Gasteiger partial charge in [-0.3, -0.25) is 4.99 Å². The van der Waals surface area contributed by atoms with Gasteiger partial charge < -0.3 is 25.0 Å². The van der Waals surface area contributed by atoms with Crippen molar-refractivity contribution in [2.45, 2.75) is 12.8 Å². The minimum Gasteiger partial charge on any atom is -0.493 e. The van der Waals surface area contributed by atoms with Crippen molar-refractivity contribution < 1.29 is 9.47 Å². The zero-order valence-electron chi connectivity index (χ0n) is 18.1. The molecule has 30 heavy (non-hydrogen) atoms. The highest BCUT2D eigenvalue weighted by molar-refractivity contribution is 14.0. The van der Waals surface area contributed by atoms with E-state index in [4.69, 9.17) is 9.47 Å². The molecular formula is C23H33IN4O2. The highest BCUT2D eigenvalue weighted by Crippen LogP contribution is 2.27. The van der Waals surface area contributed by atoms with Crippen molar-refractivity contribution in [3.63, 3.8) is 0 Å². The molecule has 0 saturated carbocycles. The number of anilines is 1. The van der Waals surface area contributed by atoms with E-state index in [1.807, 2.05) is 19.2 Å². The number of halogens is 1. The second-order valence-electron chi connectivity index (χ2n) is 7.26. The molecule has 1 fully saturated rings. The van der Waals surface area contributed by atoms with Gasteiger partial charge in [-0.1, -0.05) is 24.3 Å². The number of benzene rings is 2. The van der Waals surface area contributed by atoms with Crippen molar-refractivity contribution in [3.05, 3.63) is 54.1 Å². The summed E-state index contributed by atoms with van der Waals surface area (Å²) in [5.41, 5.74) is 2.51. The number of methoxy groups -OCH3 is 2. The normalized spacial score (nSPS) is 16.0. The Hall–Kier alpha value is -2.16. The predicted molar refractivity (Wildman–Crippen MR) is 135 cm³/mol. The van der Waals surface area contributed by atoms with Gasteiger partial charge in [0.1, 0.15) is 0 Å². The molecule has 1 saturated heterocycles. The minimum atomic E-state index is 0. The molecule has 0 aromatic heterocycles. The lowest BCUT2D eigenvalue weighted by molar-refractivity contribution is 0.354. The van der Waals surface area contributed by atoms with Gasteiger partial charge in [0, 0.05) is 38.9 Å². The first-order chi connectivity index (χ1) is 14.2. The van der Waals surface area contributed by atoms with E-state index < -0.39 is 0 Å². The molecule has 1 unspecified atom stereocenters. The molecule has 1 aliphatic heterocycles. The number of aliphatic imine (C=N–C) groups is 1. The number of hydrogen-bond donors (Lipinski definition) is 2. The number of ether oxygens (including phenoxy) is 2. The summed E-state index contributed by atoms with van der Waals surface area (Å²) in [6.45, 7) is 3.93. The second-order valence-corrected chi connectivity index (χ2v) is 7.26. The molecule has 7 heteroatoms. The summed E-state index contributed by atoms with van der Waals surface area (Å²) < 4.78 is 10.7. The van der Waals surface area contributed by atoms with Crippen molar-refractivity contribution in [2.24, 2.45) is 10.9 Å². The summed E-state index contributed by atoms with van der Waals surface area (Å²) in [6.07, 6.45) is 2.08. The monoisotopic (exact) mass is 524 g/mol. The molecular weight excluding hydrogens is 491 g/mol. The Morgan fingerprint density at radius 1 is 1.07 bits per heavy atom. The summed E-state index contributed by atoms with van der Waals surface area (Å²) in [5.74, 6) is 2.99. The second kappa shape index (κ2) is 12.5. The van der Waals surface area contributed by atoms with Gasteiger partial charge in [-0.05, 0) is 48.6 Å². The third-order valence-corrected chi connectivity index (χ3v) is 5.34. The molecule has 2 aromatic carbocycles. The number of rotatable bonds is 8. The lowest BCUT2D eigenvalue weighted by Gasteiger charge is -2.19. The smallest absolute Gasteiger partial charge is 0.190 e. The van der Waals surface area contributed by atoms with Crippen LogP contribution in [0.1, 0.15) is 12.0 Å². The van der Waals surface area contributed by atoms with Crippen LogP contribution in [0.25, 0.3) is 0 Å². The maximum absolute atomic E-state index is 5.38. The molecule has 1 aliphatic rings. The lowest BCUT2D eigenvalue weighted by atomic mass is 10.1. The van der Waals surface area contributed by atoms with Gasteiger partial charge in [-0.15, -0.1) is 24.0 Å². The average molecular weight is 524 g/mol. The van der Waals surface area contributed by atoms with E-state index in [2.05, 4.69) is 56.9 Å². The van der Waals surface area contributed by atoms with Crippen molar-refractivity contribution in [1.82, 2.24) is 10.6 Å². The molecule has 1 atom stereocenters. The van der Waals surface area contributed by atoms with E-state index in [9.17, 15) is 0 Å². The Balaban J connectivity index is 0.00000320. The number of nitrogens with zero attached hydrogens (tertiary/aromatic N) is 2. The van der Waals surface area contributed by atoms with Gasteiger partial charge in [-0.2, -0.15) is 0 Å². The Kier molecular flexibility index (Phi) is 10.1. The van der Waals surface area contributed by atoms with E-state index in [1.54, 1.807) is 14.2 Å². The average Bonchev–Trinajstić information content (AvgIpc) is 3.25. The maximum atomic E-state index is 5.38. The van der Waals surface area contributed by atoms with E-state index in [-0.39, 0.29) is 24.0 Å². The van der Waals surface area contributed by atoms with E-state index in [0.717, 1.165) is 50.1 Å². The zero-order valence-corrected chi connectivity index (χ0v) is 20.4. The third kappa shape index (κ3) is 6.68. The van der Waals surface area contributed by atoms with Crippen LogP contribution in [0.2, 0.25) is 0 Å². The molecule has 0 spiro atoms. The predicted octanol–water partition coefficient (Wildman–Crippen LogP) is 3.56. The van der Waals surface area contributed by atoms with E-state index in [1.165, 1.54) is 17.7 Å². The highest BCUT2D eigenvalue weighted by Gasteiger charge is 2.22. The Labute approximate surface area is 197 Å². The van der Waals surface area contributed by atoms with E-state index in [0.29, 0.717) is 5.92 Å². The first-order valence-electron chi connectivity index (χ1n) is 10.2. The Bertz CT molecular complexity index is 801. The van der Waals surface area contributed by atoms with Crippen LogP contribution >= 0.6 is 24.0 Å². The fourth-order valence-electron chi connectivity index (χ4n) is 3.70. The van der Waals surface area contributed by atoms with Gasteiger partial charge in [0.25, 0.3) is 0 Å². The van der Waals surface area contributed by atoms with E-state index >= 15 is 0 Å². The highest BCUT2D eigenvalue weighted by atomic mass is 127. The summed E-state index contributed by atoms with van der Waals surface area (Å²) in [6, 6.07) is 16.7. The fraction of sp³-hybridized carbons (Fsp3) is 0.435. The van der Waals surface area contributed by atoms with Crippen LogP contribution in [0.4, 0.5) is 5.69 Å². The summed E-state index contributed by atoms with van der Waals surface area (Å²) in [7, 11) is 5.13. The standard InChI is InChI=1S/C23H32N4O2.HI/c1-24-23(25-13-11-18-9-10-21(28-2)22(15-18)29-3)26-16-19-12-14-27(17-19)20-7-5-4-6-8-20;/h4-10,15,19H,11-14,16-17H2,1-3H3,(H2,24,25,26);1H. The molecule has 0 aliphatic carbocycles. The van der Waals surface area contributed by atoms with Crippen LogP contribution in [0, 0.1) is 5.92 Å². The first kappa shape index (κ1) is 24.1. The van der Waals surface area contributed by atoms with Gasteiger partial charge in [0.15, 0.2) is 17.5 Å². The number of guanidine groups is 1. The summed E-state index contributed by atoms with van der Waals surface area (Å²) >= 11 is 0. The molecule has 0 amide bonds. The molecule has 2 N–H and O–H groups in total. The third-order valence-electron chi connectivity index (χ3n) is 5.34. The summed E-state index contributed by atoms with van der Waals surface area (Å²) in [5, 5.41) is 6.88. The molecule has 3 rings (SSSR count). The largest absolute Gasteiger partial charge is 0.493 e. The van der Waals surface area contributed by atoms with Crippen LogP contribution in [0.5, 0.6) is 11.5 Å². The molecule has 0 bridgehead atoms. The van der Waals surface area contributed by atoms with Gasteiger partial charge >= 0.3 is 0 Å². The van der Waals surface area contributed by atoms with Gasteiger partial charge in [0.2, 0.25) is 0 Å². The van der Waals surface area contributed by atoms with Crippen molar-refractivity contribution in [1.29, 1.82) is 0 Å². The van der Waals surface area contributed by atoms with Crippen LogP contribution in [-0.4, -0.2) is 53.4 Å². The van der Waals surface area contributed by atoms with Crippen molar-refractivity contribution in [2.75, 3.05) is 52.3 Å². The van der Waals surface area contributed by atoms with Crippen molar-refractivity contribution in [3.8, 4) is 11.5 Å². The topological polar surface area (TPSA) is 58.1 Å². The Morgan fingerprint density at radius 3 is 2.53 bits per heavy atom. The number of hydrogen-bond acceptors (Lipinski definition) is 4. The quantitative estimate of drug-likeness (QED) is 0.314. The molecule has 0 radical (unpaired) electrons. The first-order valence-corrected chi connectivity index (χ1v) is 10.2.